The molecule has 0 spiro atoms. The lowest BCUT2D eigenvalue weighted by atomic mass is 10.2. The fourth-order valence-corrected chi connectivity index (χ4v) is 2.61. The summed E-state index contributed by atoms with van der Waals surface area (Å²) in [5, 5.41) is 3.42. The largest absolute Gasteiger partial charge is 0.453 e. The molecule has 1 N–H and O–H groups in total. The van der Waals surface area contributed by atoms with E-state index in [-0.39, 0.29) is 0 Å². The van der Waals surface area contributed by atoms with Crippen LogP contribution in [0.5, 0.6) is 0 Å². The fraction of sp³-hybridized carbons (Fsp3) is 0.667. The molecular formula is C12H19BrN2O. The van der Waals surface area contributed by atoms with E-state index in [1.807, 2.05) is 6.07 Å². The van der Waals surface area contributed by atoms with Gasteiger partial charge in [0.25, 0.3) is 0 Å². The Labute approximate surface area is 105 Å². The van der Waals surface area contributed by atoms with Crippen LogP contribution in [-0.2, 0) is 6.54 Å². The van der Waals surface area contributed by atoms with E-state index in [1.165, 1.54) is 12.8 Å². The molecule has 3 nitrogen and oxygen atoms in total. The van der Waals surface area contributed by atoms with E-state index < -0.39 is 0 Å². The van der Waals surface area contributed by atoms with Crippen molar-refractivity contribution in [1.82, 2.24) is 10.2 Å². The number of rotatable bonds is 5. The van der Waals surface area contributed by atoms with Crippen LogP contribution in [-0.4, -0.2) is 30.6 Å². The summed E-state index contributed by atoms with van der Waals surface area (Å²) in [4.78, 5) is 2.52. The maximum atomic E-state index is 5.57. The van der Waals surface area contributed by atoms with Gasteiger partial charge in [-0.2, -0.15) is 0 Å². The summed E-state index contributed by atoms with van der Waals surface area (Å²) in [6.07, 6.45) is 2.44. The summed E-state index contributed by atoms with van der Waals surface area (Å²) >= 11 is 3.35. The van der Waals surface area contributed by atoms with Gasteiger partial charge in [-0.15, -0.1) is 0 Å². The highest BCUT2D eigenvalue weighted by atomic mass is 79.9. The van der Waals surface area contributed by atoms with E-state index in [0.29, 0.717) is 6.04 Å². The minimum Gasteiger partial charge on any atom is -0.453 e. The predicted molar refractivity (Wildman–Crippen MR) is 68.4 cm³/mol. The third-order valence-corrected chi connectivity index (χ3v) is 3.48. The normalized spacial score (nSPS) is 20.8. The second-order valence-electron chi connectivity index (χ2n) is 4.32. The molecule has 1 aliphatic rings. The summed E-state index contributed by atoms with van der Waals surface area (Å²) in [7, 11) is 0. The lowest BCUT2D eigenvalue weighted by Crippen LogP contribution is -2.36. The van der Waals surface area contributed by atoms with Crippen LogP contribution < -0.4 is 5.32 Å². The Bertz CT molecular complexity index is 321. The van der Waals surface area contributed by atoms with Crippen LogP contribution in [0.1, 0.15) is 25.5 Å². The van der Waals surface area contributed by atoms with Crippen molar-refractivity contribution in [2.45, 2.75) is 32.4 Å². The molecule has 90 valence electrons. The Balaban J connectivity index is 1.96. The average Bonchev–Trinajstić information content (AvgIpc) is 2.88. The number of furan rings is 1. The van der Waals surface area contributed by atoms with Gasteiger partial charge in [0.05, 0.1) is 6.54 Å². The third-order valence-electron chi connectivity index (χ3n) is 3.05. The Morgan fingerprint density at radius 1 is 1.56 bits per heavy atom. The van der Waals surface area contributed by atoms with Crippen LogP contribution in [0.25, 0.3) is 0 Å². The van der Waals surface area contributed by atoms with Crippen LogP contribution in [0.2, 0.25) is 0 Å². The van der Waals surface area contributed by atoms with Crippen LogP contribution >= 0.6 is 15.9 Å². The molecular weight excluding hydrogens is 268 g/mol. The number of hydrogen-bond donors (Lipinski definition) is 1. The monoisotopic (exact) mass is 286 g/mol. The first kappa shape index (κ1) is 12.1. The zero-order valence-corrected chi connectivity index (χ0v) is 11.3. The molecule has 2 heterocycles. The average molecular weight is 287 g/mol. The summed E-state index contributed by atoms with van der Waals surface area (Å²) < 4.78 is 6.40. The van der Waals surface area contributed by atoms with Crippen LogP contribution in [0.4, 0.5) is 0 Å². The van der Waals surface area contributed by atoms with Crippen molar-refractivity contribution in [3.05, 3.63) is 22.6 Å². The molecule has 1 aliphatic heterocycles. The second kappa shape index (κ2) is 5.84. The van der Waals surface area contributed by atoms with Gasteiger partial charge in [0, 0.05) is 12.6 Å². The van der Waals surface area contributed by atoms with Gasteiger partial charge in [0.2, 0.25) is 0 Å². The first-order valence-corrected chi connectivity index (χ1v) is 6.78. The second-order valence-corrected chi connectivity index (χ2v) is 5.10. The van der Waals surface area contributed by atoms with Crippen molar-refractivity contribution in [2.24, 2.45) is 0 Å². The van der Waals surface area contributed by atoms with Gasteiger partial charge >= 0.3 is 0 Å². The summed E-state index contributed by atoms with van der Waals surface area (Å²) in [6.45, 7) is 6.55. The Kier molecular flexibility index (Phi) is 4.44. The molecule has 2 rings (SSSR count). The van der Waals surface area contributed by atoms with E-state index in [1.54, 1.807) is 0 Å². The molecule has 4 heteroatoms. The molecule has 1 aromatic rings. The minimum absolute atomic E-state index is 0.670. The van der Waals surface area contributed by atoms with E-state index in [2.05, 4.69) is 39.1 Å². The van der Waals surface area contributed by atoms with Crippen LogP contribution in [0.15, 0.2) is 21.2 Å². The van der Waals surface area contributed by atoms with Crippen molar-refractivity contribution in [3.63, 3.8) is 0 Å². The highest BCUT2D eigenvalue weighted by molar-refractivity contribution is 9.10. The van der Waals surface area contributed by atoms with Crippen LogP contribution in [0, 0.1) is 0 Å². The molecule has 1 unspecified atom stereocenters. The van der Waals surface area contributed by atoms with Gasteiger partial charge < -0.3 is 9.73 Å². The van der Waals surface area contributed by atoms with Gasteiger partial charge in [-0.25, -0.2) is 0 Å². The van der Waals surface area contributed by atoms with Crippen molar-refractivity contribution >= 4 is 15.9 Å². The molecule has 16 heavy (non-hydrogen) atoms. The van der Waals surface area contributed by atoms with Crippen LogP contribution in [0.3, 0.4) is 0 Å². The predicted octanol–water partition coefficient (Wildman–Crippen LogP) is 2.62. The quantitative estimate of drug-likeness (QED) is 0.902. The molecule has 0 radical (unpaired) electrons. The Hall–Kier alpha value is -0.320. The van der Waals surface area contributed by atoms with E-state index in [0.717, 1.165) is 36.6 Å². The number of nitrogens with zero attached hydrogens (tertiary/aromatic N) is 1. The smallest absolute Gasteiger partial charge is 0.169 e. The minimum atomic E-state index is 0.670. The van der Waals surface area contributed by atoms with E-state index in [9.17, 15) is 0 Å². The molecule has 1 fully saturated rings. The molecule has 1 saturated heterocycles. The van der Waals surface area contributed by atoms with Gasteiger partial charge in [0.1, 0.15) is 5.76 Å². The van der Waals surface area contributed by atoms with Gasteiger partial charge in [-0.05, 0) is 54.0 Å². The van der Waals surface area contributed by atoms with Gasteiger partial charge in [-0.3, -0.25) is 4.90 Å². The van der Waals surface area contributed by atoms with E-state index >= 15 is 0 Å². The van der Waals surface area contributed by atoms with Gasteiger partial charge in [-0.1, -0.05) is 6.92 Å². The molecule has 1 aromatic heterocycles. The number of halogens is 1. The molecule has 1 atom stereocenters. The van der Waals surface area contributed by atoms with E-state index in [4.69, 9.17) is 4.42 Å². The van der Waals surface area contributed by atoms with Gasteiger partial charge in [0.15, 0.2) is 4.67 Å². The highest BCUT2D eigenvalue weighted by Gasteiger charge is 2.22. The highest BCUT2D eigenvalue weighted by Crippen LogP contribution is 2.18. The molecule has 0 amide bonds. The van der Waals surface area contributed by atoms with Crippen molar-refractivity contribution < 1.29 is 4.42 Å². The number of nitrogens with one attached hydrogen (secondary N) is 1. The zero-order chi connectivity index (χ0) is 11.4. The first-order valence-electron chi connectivity index (χ1n) is 5.98. The maximum Gasteiger partial charge on any atom is 0.169 e. The van der Waals surface area contributed by atoms with Crippen molar-refractivity contribution in [2.75, 3.05) is 19.6 Å². The molecule has 0 aliphatic carbocycles. The molecule has 0 aromatic carbocycles. The fourth-order valence-electron chi connectivity index (χ4n) is 2.27. The molecule has 0 bridgehead atoms. The lowest BCUT2D eigenvalue weighted by Gasteiger charge is -2.26. The van der Waals surface area contributed by atoms with Crippen molar-refractivity contribution in [3.8, 4) is 0 Å². The SMILES string of the molecule is CCCN(Cc1ccc(Br)o1)C1CCNC1. The summed E-state index contributed by atoms with van der Waals surface area (Å²) in [5.41, 5.74) is 0. The Morgan fingerprint density at radius 2 is 2.44 bits per heavy atom. The number of hydrogen-bond acceptors (Lipinski definition) is 3. The topological polar surface area (TPSA) is 28.4 Å². The standard InChI is InChI=1S/C12H19BrN2O/c1-2-7-15(10-5-6-14-8-10)9-11-3-4-12(13)16-11/h3-4,10,14H,2,5-9H2,1H3. The maximum absolute atomic E-state index is 5.57. The first-order chi connectivity index (χ1) is 7.79. The lowest BCUT2D eigenvalue weighted by molar-refractivity contribution is 0.184. The summed E-state index contributed by atoms with van der Waals surface area (Å²) in [6, 6.07) is 4.69. The third kappa shape index (κ3) is 3.09. The zero-order valence-electron chi connectivity index (χ0n) is 9.71. The Morgan fingerprint density at radius 3 is 3.00 bits per heavy atom. The summed E-state index contributed by atoms with van der Waals surface area (Å²) in [5.74, 6) is 1.05. The molecule has 0 saturated carbocycles. The van der Waals surface area contributed by atoms with Crippen molar-refractivity contribution in [1.29, 1.82) is 0 Å².